The zero-order valence-electron chi connectivity index (χ0n) is 11.4. The first-order valence-corrected chi connectivity index (χ1v) is 8.20. The summed E-state index contributed by atoms with van der Waals surface area (Å²) < 4.78 is 0.838. The van der Waals surface area contributed by atoms with E-state index in [2.05, 4.69) is 24.4 Å². The standard InChI is InChI=1S/C16H18ClNOS/c1-2-12(15-8-9-16(17)20-15)18-13-7-6-11-10(13)4-3-5-14(11)19/h3-5,8-9,12-13,18-19H,2,6-7H2,1H3. The van der Waals surface area contributed by atoms with Crippen molar-refractivity contribution in [3.05, 3.63) is 50.7 Å². The van der Waals surface area contributed by atoms with Gasteiger partial charge >= 0.3 is 0 Å². The second kappa shape index (κ2) is 5.76. The molecule has 0 spiro atoms. The molecule has 0 aliphatic heterocycles. The van der Waals surface area contributed by atoms with Crippen molar-refractivity contribution in [2.75, 3.05) is 0 Å². The van der Waals surface area contributed by atoms with Crippen LogP contribution in [0, 0.1) is 0 Å². The van der Waals surface area contributed by atoms with Crippen LogP contribution < -0.4 is 5.32 Å². The highest BCUT2D eigenvalue weighted by atomic mass is 35.5. The van der Waals surface area contributed by atoms with Crippen molar-refractivity contribution >= 4 is 22.9 Å². The van der Waals surface area contributed by atoms with Crippen LogP contribution >= 0.6 is 22.9 Å². The van der Waals surface area contributed by atoms with Gasteiger partial charge in [0.2, 0.25) is 0 Å². The number of aromatic hydroxyl groups is 1. The topological polar surface area (TPSA) is 32.3 Å². The van der Waals surface area contributed by atoms with Crippen molar-refractivity contribution in [2.24, 2.45) is 0 Å². The molecular formula is C16H18ClNOS. The molecule has 2 atom stereocenters. The summed E-state index contributed by atoms with van der Waals surface area (Å²) in [5, 5.41) is 13.6. The lowest BCUT2D eigenvalue weighted by Crippen LogP contribution is -2.24. The molecule has 1 aromatic heterocycles. The van der Waals surface area contributed by atoms with E-state index in [1.54, 1.807) is 17.4 Å². The Balaban J connectivity index is 1.81. The van der Waals surface area contributed by atoms with Gasteiger partial charge in [0.25, 0.3) is 0 Å². The van der Waals surface area contributed by atoms with Gasteiger partial charge in [-0.25, -0.2) is 0 Å². The van der Waals surface area contributed by atoms with Crippen LogP contribution in [0.15, 0.2) is 30.3 Å². The maximum atomic E-state index is 9.92. The van der Waals surface area contributed by atoms with E-state index < -0.39 is 0 Å². The van der Waals surface area contributed by atoms with Crippen molar-refractivity contribution in [1.29, 1.82) is 0 Å². The lowest BCUT2D eigenvalue weighted by molar-refractivity contribution is 0.438. The van der Waals surface area contributed by atoms with Gasteiger partial charge in [-0.1, -0.05) is 30.7 Å². The number of rotatable bonds is 4. The maximum absolute atomic E-state index is 9.92. The summed E-state index contributed by atoms with van der Waals surface area (Å²) in [6, 6.07) is 10.5. The molecule has 4 heteroatoms. The van der Waals surface area contributed by atoms with E-state index in [0.717, 1.165) is 29.2 Å². The molecule has 0 saturated heterocycles. The van der Waals surface area contributed by atoms with Crippen LogP contribution in [0.5, 0.6) is 5.75 Å². The molecule has 0 amide bonds. The monoisotopic (exact) mass is 307 g/mol. The van der Waals surface area contributed by atoms with Gasteiger partial charge in [0.1, 0.15) is 5.75 Å². The van der Waals surface area contributed by atoms with Crippen molar-refractivity contribution < 1.29 is 5.11 Å². The molecule has 0 bridgehead atoms. The maximum Gasteiger partial charge on any atom is 0.119 e. The third-order valence-corrected chi connectivity index (χ3v) is 5.34. The SMILES string of the molecule is CCC(NC1CCc2c(O)cccc21)c1ccc(Cl)s1. The highest BCUT2D eigenvalue weighted by Crippen LogP contribution is 2.39. The number of phenols is 1. The van der Waals surface area contributed by atoms with Crippen LogP contribution in [0.1, 0.15) is 47.9 Å². The molecular weight excluding hydrogens is 290 g/mol. The van der Waals surface area contributed by atoms with Gasteiger partial charge in [-0.3, -0.25) is 0 Å². The predicted octanol–water partition coefficient (Wildman–Crippen LogP) is 4.84. The van der Waals surface area contributed by atoms with Crippen LogP contribution in [-0.2, 0) is 6.42 Å². The van der Waals surface area contributed by atoms with Crippen molar-refractivity contribution in [3.63, 3.8) is 0 Å². The van der Waals surface area contributed by atoms with Gasteiger partial charge in [0, 0.05) is 17.0 Å². The molecule has 2 nitrogen and oxygen atoms in total. The summed E-state index contributed by atoms with van der Waals surface area (Å²) >= 11 is 7.68. The van der Waals surface area contributed by atoms with Gasteiger partial charge in [-0.15, -0.1) is 11.3 Å². The number of phenolic OH excluding ortho intramolecular Hbond substituents is 1. The Morgan fingerprint density at radius 2 is 2.25 bits per heavy atom. The van der Waals surface area contributed by atoms with E-state index in [-0.39, 0.29) is 0 Å². The average molecular weight is 308 g/mol. The smallest absolute Gasteiger partial charge is 0.119 e. The third kappa shape index (κ3) is 2.58. The number of nitrogens with one attached hydrogen (secondary N) is 1. The summed E-state index contributed by atoms with van der Waals surface area (Å²) in [5.74, 6) is 0.430. The summed E-state index contributed by atoms with van der Waals surface area (Å²) in [5.41, 5.74) is 2.34. The van der Waals surface area contributed by atoms with E-state index in [1.807, 2.05) is 12.1 Å². The first-order chi connectivity index (χ1) is 9.69. The lowest BCUT2D eigenvalue weighted by Gasteiger charge is -2.22. The number of thiophene rings is 1. The first-order valence-electron chi connectivity index (χ1n) is 7.01. The second-order valence-electron chi connectivity index (χ2n) is 5.21. The Morgan fingerprint density at radius 3 is 2.95 bits per heavy atom. The Hall–Kier alpha value is -1.03. The molecule has 1 aromatic carbocycles. The molecule has 0 saturated carbocycles. The average Bonchev–Trinajstić information content (AvgIpc) is 3.04. The minimum Gasteiger partial charge on any atom is -0.508 e. The molecule has 1 aliphatic carbocycles. The first kappa shape index (κ1) is 13.9. The van der Waals surface area contributed by atoms with Gasteiger partial charge in [0.15, 0.2) is 0 Å². The summed E-state index contributed by atoms with van der Waals surface area (Å²) in [4.78, 5) is 1.28. The van der Waals surface area contributed by atoms with E-state index in [1.165, 1.54) is 10.4 Å². The molecule has 106 valence electrons. The fourth-order valence-electron chi connectivity index (χ4n) is 2.97. The second-order valence-corrected chi connectivity index (χ2v) is 6.95. The van der Waals surface area contributed by atoms with Crippen LogP contribution in [0.4, 0.5) is 0 Å². The molecule has 2 N–H and O–H groups in total. The van der Waals surface area contributed by atoms with Crippen LogP contribution in [0.2, 0.25) is 4.34 Å². The van der Waals surface area contributed by atoms with E-state index in [4.69, 9.17) is 11.6 Å². The number of benzene rings is 1. The molecule has 2 aromatic rings. The highest BCUT2D eigenvalue weighted by Gasteiger charge is 2.26. The van der Waals surface area contributed by atoms with Crippen LogP contribution in [-0.4, -0.2) is 5.11 Å². The highest BCUT2D eigenvalue weighted by molar-refractivity contribution is 7.16. The van der Waals surface area contributed by atoms with Crippen molar-refractivity contribution in [1.82, 2.24) is 5.32 Å². The molecule has 0 fully saturated rings. The van der Waals surface area contributed by atoms with E-state index in [9.17, 15) is 5.11 Å². The third-order valence-electron chi connectivity index (χ3n) is 3.99. The van der Waals surface area contributed by atoms with Gasteiger partial charge in [-0.2, -0.15) is 0 Å². The minimum absolute atomic E-state index is 0.322. The summed E-state index contributed by atoms with van der Waals surface area (Å²) in [6.45, 7) is 2.18. The Bertz CT molecular complexity index is 610. The van der Waals surface area contributed by atoms with Gasteiger partial charge in [0.05, 0.1) is 4.34 Å². The van der Waals surface area contributed by atoms with Crippen molar-refractivity contribution in [2.45, 2.75) is 38.3 Å². The number of halogens is 1. The predicted molar refractivity (Wildman–Crippen MR) is 84.7 cm³/mol. The van der Waals surface area contributed by atoms with E-state index in [0.29, 0.717) is 17.8 Å². The van der Waals surface area contributed by atoms with Crippen LogP contribution in [0.3, 0.4) is 0 Å². The molecule has 1 aliphatic rings. The minimum atomic E-state index is 0.322. The largest absolute Gasteiger partial charge is 0.508 e. The van der Waals surface area contributed by atoms with Gasteiger partial charge < -0.3 is 10.4 Å². The number of fused-ring (bicyclic) bond motifs is 1. The number of hydrogen-bond donors (Lipinski definition) is 2. The van der Waals surface area contributed by atoms with Crippen LogP contribution in [0.25, 0.3) is 0 Å². The summed E-state index contributed by atoms with van der Waals surface area (Å²) in [6.07, 6.45) is 3.02. The zero-order chi connectivity index (χ0) is 14.1. The van der Waals surface area contributed by atoms with Crippen molar-refractivity contribution in [3.8, 4) is 5.75 Å². The number of hydrogen-bond acceptors (Lipinski definition) is 3. The fourth-order valence-corrected chi connectivity index (χ4v) is 4.17. The Labute approximate surface area is 128 Å². The molecule has 1 heterocycles. The molecule has 2 unspecified atom stereocenters. The zero-order valence-corrected chi connectivity index (χ0v) is 13.0. The van der Waals surface area contributed by atoms with E-state index >= 15 is 0 Å². The quantitative estimate of drug-likeness (QED) is 0.847. The lowest BCUT2D eigenvalue weighted by atomic mass is 10.1. The fraction of sp³-hybridized carbons (Fsp3) is 0.375. The molecule has 20 heavy (non-hydrogen) atoms. The van der Waals surface area contributed by atoms with Gasteiger partial charge in [-0.05, 0) is 48.6 Å². The Morgan fingerprint density at radius 1 is 1.40 bits per heavy atom. The summed E-state index contributed by atoms with van der Waals surface area (Å²) in [7, 11) is 0. The molecule has 3 rings (SSSR count). The normalized spacial score (nSPS) is 19.0. The molecule has 0 radical (unpaired) electrons. The Kier molecular flexibility index (Phi) is 4.01.